The Balaban J connectivity index is 2.34. The molecule has 0 aliphatic carbocycles. The van der Waals surface area contributed by atoms with Crippen LogP contribution in [-0.4, -0.2) is 32.9 Å². The molecule has 0 aliphatic heterocycles. The molecule has 0 fully saturated rings. The van der Waals surface area contributed by atoms with Gasteiger partial charge in [-0.15, -0.1) is 0 Å². The Kier molecular flexibility index (Phi) is 2.63. The van der Waals surface area contributed by atoms with Crippen LogP contribution in [0, 0.1) is 0 Å². The number of hydrogen-bond acceptors (Lipinski definition) is 6. The van der Waals surface area contributed by atoms with E-state index in [4.69, 9.17) is 5.73 Å². The van der Waals surface area contributed by atoms with Gasteiger partial charge in [0, 0.05) is 14.0 Å². The molecule has 0 atom stereocenters. The molecule has 2 aromatic heterocycles. The number of imidazole rings is 1. The highest BCUT2D eigenvalue weighted by Crippen LogP contribution is 2.26. The second-order valence-electron chi connectivity index (χ2n) is 4.28. The van der Waals surface area contributed by atoms with Crippen molar-refractivity contribution in [2.24, 2.45) is 0 Å². The van der Waals surface area contributed by atoms with E-state index in [9.17, 15) is 4.79 Å². The summed E-state index contributed by atoms with van der Waals surface area (Å²) in [5.41, 5.74) is 7.50. The van der Waals surface area contributed by atoms with E-state index in [-0.39, 0.29) is 11.7 Å². The van der Waals surface area contributed by atoms with Gasteiger partial charge < -0.3 is 5.73 Å². The molecule has 8 heteroatoms. The van der Waals surface area contributed by atoms with Crippen LogP contribution in [-0.2, 0) is 4.79 Å². The maximum atomic E-state index is 11.7. The number of aromatic nitrogens is 4. The standard InChI is InChI=1S/C12H12N6O2/c1-7(19)17(2)18-9-6-4-3-5-8(9)14-12(18)10-11(13)16-20-15-10/h3-6H,1-2H3,(H2,13,16). The van der Waals surface area contributed by atoms with E-state index in [1.165, 1.54) is 11.9 Å². The molecule has 0 aliphatic rings. The second kappa shape index (κ2) is 4.34. The number of nitrogens with zero attached hydrogens (tertiary/aromatic N) is 5. The maximum Gasteiger partial charge on any atom is 0.238 e. The van der Waals surface area contributed by atoms with Gasteiger partial charge in [0.2, 0.25) is 5.91 Å². The molecule has 0 unspecified atom stereocenters. The number of para-hydroxylation sites is 2. The number of benzene rings is 1. The molecule has 1 amide bonds. The molecule has 0 saturated carbocycles. The number of anilines is 1. The molecular formula is C12H12N6O2. The van der Waals surface area contributed by atoms with Crippen molar-refractivity contribution in [2.45, 2.75) is 6.92 Å². The zero-order chi connectivity index (χ0) is 14.3. The van der Waals surface area contributed by atoms with E-state index in [1.807, 2.05) is 24.3 Å². The van der Waals surface area contributed by atoms with Crippen molar-refractivity contribution in [1.82, 2.24) is 20.0 Å². The van der Waals surface area contributed by atoms with Crippen LogP contribution in [0.4, 0.5) is 5.82 Å². The minimum atomic E-state index is -0.149. The summed E-state index contributed by atoms with van der Waals surface area (Å²) < 4.78 is 6.24. The molecule has 0 spiro atoms. The molecule has 3 rings (SSSR count). The average molecular weight is 272 g/mol. The summed E-state index contributed by atoms with van der Waals surface area (Å²) in [6, 6.07) is 7.42. The smallest absolute Gasteiger partial charge is 0.238 e. The van der Waals surface area contributed by atoms with Gasteiger partial charge in [-0.1, -0.05) is 12.1 Å². The van der Waals surface area contributed by atoms with Crippen molar-refractivity contribution in [2.75, 3.05) is 17.8 Å². The Morgan fingerprint density at radius 1 is 1.35 bits per heavy atom. The van der Waals surface area contributed by atoms with Crippen LogP contribution in [0.3, 0.4) is 0 Å². The average Bonchev–Trinajstić information content (AvgIpc) is 3.00. The lowest BCUT2D eigenvalue weighted by atomic mass is 10.3. The number of rotatable bonds is 2. The first-order chi connectivity index (χ1) is 9.59. The van der Waals surface area contributed by atoms with Crippen molar-refractivity contribution in [3.8, 4) is 11.5 Å². The molecule has 2 N–H and O–H groups in total. The molecule has 1 aromatic carbocycles. The maximum absolute atomic E-state index is 11.7. The Hall–Kier alpha value is -2.90. The van der Waals surface area contributed by atoms with Gasteiger partial charge in [0.1, 0.15) is 0 Å². The fourth-order valence-electron chi connectivity index (χ4n) is 1.96. The van der Waals surface area contributed by atoms with Gasteiger partial charge in [0.05, 0.1) is 11.0 Å². The van der Waals surface area contributed by atoms with Gasteiger partial charge in [-0.3, -0.25) is 9.80 Å². The lowest BCUT2D eigenvalue weighted by Gasteiger charge is -2.19. The third kappa shape index (κ3) is 1.69. The van der Waals surface area contributed by atoms with E-state index in [2.05, 4.69) is 19.9 Å². The second-order valence-corrected chi connectivity index (χ2v) is 4.28. The minimum absolute atomic E-state index is 0.124. The quantitative estimate of drug-likeness (QED) is 0.739. The number of amides is 1. The largest absolute Gasteiger partial charge is 0.379 e. The number of hydrogen-bond donors (Lipinski definition) is 1. The van der Waals surface area contributed by atoms with E-state index >= 15 is 0 Å². The Labute approximate surface area is 113 Å². The predicted molar refractivity (Wildman–Crippen MR) is 72.3 cm³/mol. The molecule has 3 aromatic rings. The fraction of sp³-hybridized carbons (Fsp3) is 0.167. The van der Waals surface area contributed by atoms with Gasteiger partial charge in [0.25, 0.3) is 0 Å². The minimum Gasteiger partial charge on any atom is -0.379 e. The zero-order valence-corrected chi connectivity index (χ0v) is 10.9. The van der Waals surface area contributed by atoms with Crippen LogP contribution in [0.1, 0.15) is 6.92 Å². The monoisotopic (exact) mass is 272 g/mol. The first-order valence-corrected chi connectivity index (χ1v) is 5.90. The van der Waals surface area contributed by atoms with Crippen LogP contribution in [0.25, 0.3) is 22.6 Å². The Bertz CT molecular complexity index is 790. The summed E-state index contributed by atoms with van der Waals surface area (Å²) >= 11 is 0. The summed E-state index contributed by atoms with van der Waals surface area (Å²) in [5, 5.41) is 8.72. The number of nitrogens with two attached hydrogens (primary N) is 1. The highest BCUT2D eigenvalue weighted by atomic mass is 16.6. The summed E-state index contributed by atoms with van der Waals surface area (Å²) in [6.45, 7) is 1.46. The number of carbonyl (C=O) groups is 1. The van der Waals surface area contributed by atoms with Crippen molar-refractivity contribution in [3.63, 3.8) is 0 Å². The van der Waals surface area contributed by atoms with Gasteiger partial charge in [0.15, 0.2) is 17.3 Å². The molecule has 0 bridgehead atoms. The third-order valence-electron chi connectivity index (χ3n) is 3.02. The fourth-order valence-corrected chi connectivity index (χ4v) is 1.96. The van der Waals surface area contributed by atoms with Crippen LogP contribution in [0.2, 0.25) is 0 Å². The third-order valence-corrected chi connectivity index (χ3v) is 3.02. The summed E-state index contributed by atoms with van der Waals surface area (Å²) in [4.78, 5) is 16.1. The van der Waals surface area contributed by atoms with Gasteiger partial charge in [-0.05, 0) is 22.4 Å². The van der Waals surface area contributed by atoms with Gasteiger partial charge in [-0.2, -0.15) is 0 Å². The topological polar surface area (TPSA) is 103 Å². The van der Waals surface area contributed by atoms with Crippen molar-refractivity contribution < 1.29 is 9.42 Å². The van der Waals surface area contributed by atoms with Crippen LogP contribution in [0.5, 0.6) is 0 Å². The zero-order valence-electron chi connectivity index (χ0n) is 10.9. The summed E-state index contributed by atoms with van der Waals surface area (Å²) in [6.07, 6.45) is 0. The Morgan fingerprint density at radius 3 is 2.75 bits per heavy atom. The summed E-state index contributed by atoms with van der Waals surface area (Å²) in [7, 11) is 1.64. The number of nitrogen functional groups attached to an aromatic ring is 1. The SMILES string of the molecule is CC(=O)N(C)n1c(-c2nonc2N)nc2ccccc21. The predicted octanol–water partition coefficient (Wildman–Crippen LogP) is 0.783. The van der Waals surface area contributed by atoms with Crippen LogP contribution < -0.4 is 10.7 Å². The van der Waals surface area contributed by atoms with Crippen molar-refractivity contribution >= 4 is 22.8 Å². The van der Waals surface area contributed by atoms with E-state index < -0.39 is 0 Å². The van der Waals surface area contributed by atoms with Crippen LogP contribution >= 0.6 is 0 Å². The molecular weight excluding hydrogens is 260 g/mol. The van der Waals surface area contributed by atoms with Crippen molar-refractivity contribution in [1.29, 1.82) is 0 Å². The van der Waals surface area contributed by atoms with E-state index in [1.54, 1.807) is 11.7 Å². The van der Waals surface area contributed by atoms with Gasteiger partial charge >= 0.3 is 0 Å². The lowest BCUT2D eigenvalue weighted by Crippen LogP contribution is -2.35. The number of carbonyl (C=O) groups excluding carboxylic acids is 1. The highest BCUT2D eigenvalue weighted by Gasteiger charge is 2.22. The normalized spacial score (nSPS) is 10.9. The Morgan fingerprint density at radius 2 is 2.10 bits per heavy atom. The van der Waals surface area contributed by atoms with Crippen molar-refractivity contribution in [3.05, 3.63) is 24.3 Å². The summed E-state index contributed by atoms with van der Waals surface area (Å²) in [5.74, 6) is 0.380. The number of fused-ring (bicyclic) bond motifs is 1. The molecule has 2 heterocycles. The lowest BCUT2D eigenvalue weighted by molar-refractivity contribution is -0.117. The van der Waals surface area contributed by atoms with Crippen LogP contribution in [0.15, 0.2) is 28.9 Å². The molecule has 8 nitrogen and oxygen atoms in total. The molecule has 20 heavy (non-hydrogen) atoms. The molecule has 102 valence electrons. The van der Waals surface area contributed by atoms with E-state index in [0.29, 0.717) is 11.5 Å². The van der Waals surface area contributed by atoms with E-state index in [0.717, 1.165) is 11.0 Å². The highest BCUT2D eigenvalue weighted by molar-refractivity contribution is 5.89. The molecule has 0 radical (unpaired) electrons. The first-order valence-electron chi connectivity index (χ1n) is 5.90. The molecule has 0 saturated heterocycles. The first kappa shape index (κ1) is 12.2. The van der Waals surface area contributed by atoms with Gasteiger partial charge in [-0.25, -0.2) is 14.3 Å².